The van der Waals surface area contributed by atoms with E-state index in [2.05, 4.69) is 5.10 Å². The number of aromatic hydroxyl groups is 1. The van der Waals surface area contributed by atoms with Crippen LogP contribution in [0.15, 0.2) is 29.3 Å². The van der Waals surface area contributed by atoms with Gasteiger partial charge in [0.15, 0.2) is 0 Å². The maximum absolute atomic E-state index is 13.0. The Hall–Kier alpha value is -2.47. The number of halogens is 1. The maximum Gasteiger partial charge on any atom is 0.278 e. The van der Waals surface area contributed by atoms with Crippen molar-refractivity contribution < 1.29 is 5.11 Å². The van der Waals surface area contributed by atoms with Gasteiger partial charge in [0.25, 0.3) is 5.56 Å². The third-order valence-electron chi connectivity index (χ3n) is 5.05. The fraction of sp³-hybridized carbons (Fsp3) is 0.368. The van der Waals surface area contributed by atoms with Gasteiger partial charge in [0.2, 0.25) is 5.88 Å². The van der Waals surface area contributed by atoms with Crippen molar-refractivity contribution in [2.75, 3.05) is 0 Å². The Bertz CT molecular complexity index is 1040. The van der Waals surface area contributed by atoms with Crippen molar-refractivity contribution >= 4 is 11.6 Å². The first-order chi connectivity index (χ1) is 12.5. The highest BCUT2D eigenvalue weighted by atomic mass is 35.5. The molecule has 3 aromatic rings. The van der Waals surface area contributed by atoms with Crippen molar-refractivity contribution in [1.82, 2.24) is 19.1 Å². The molecule has 0 amide bonds. The summed E-state index contributed by atoms with van der Waals surface area (Å²) in [5, 5.41) is 15.6. The predicted octanol–water partition coefficient (Wildman–Crippen LogP) is 3.53. The zero-order chi connectivity index (χ0) is 18.4. The predicted molar refractivity (Wildman–Crippen MR) is 101 cm³/mol. The standard InChI is InChI=1S/C19H21ClN4O2/c1-3-13-9-15(22-11-14(20)10-21-22)8-12(2)16(13)17-18(25)23-6-4-5-7-24(23)19(17)26/h8-11,25H,3-7H2,1-2H3. The number of hydrogen-bond donors (Lipinski definition) is 1. The molecule has 1 aliphatic heterocycles. The third kappa shape index (κ3) is 2.56. The average molecular weight is 373 g/mol. The smallest absolute Gasteiger partial charge is 0.278 e. The second-order valence-electron chi connectivity index (χ2n) is 6.71. The lowest BCUT2D eigenvalue weighted by molar-refractivity contribution is 0.305. The van der Waals surface area contributed by atoms with E-state index in [4.69, 9.17) is 11.6 Å². The fourth-order valence-electron chi connectivity index (χ4n) is 3.82. The van der Waals surface area contributed by atoms with E-state index < -0.39 is 0 Å². The number of aryl methyl sites for hydroxylation is 2. The van der Waals surface area contributed by atoms with Crippen LogP contribution in [0.1, 0.15) is 30.9 Å². The first-order valence-corrected chi connectivity index (χ1v) is 9.26. The van der Waals surface area contributed by atoms with E-state index >= 15 is 0 Å². The number of hydrogen-bond acceptors (Lipinski definition) is 3. The third-order valence-corrected chi connectivity index (χ3v) is 5.24. The lowest BCUT2D eigenvalue weighted by atomic mass is 9.94. The first kappa shape index (κ1) is 17.0. The van der Waals surface area contributed by atoms with Crippen molar-refractivity contribution in [3.05, 3.63) is 51.0 Å². The Morgan fingerprint density at radius 3 is 2.54 bits per heavy atom. The normalized spacial score (nSPS) is 13.8. The Balaban J connectivity index is 1.93. The van der Waals surface area contributed by atoms with Gasteiger partial charge in [-0.05, 0) is 55.0 Å². The number of rotatable bonds is 3. The summed E-state index contributed by atoms with van der Waals surface area (Å²) in [5.41, 5.74) is 3.94. The summed E-state index contributed by atoms with van der Waals surface area (Å²) in [7, 11) is 0. The van der Waals surface area contributed by atoms with Gasteiger partial charge in [-0.1, -0.05) is 18.5 Å². The van der Waals surface area contributed by atoms with Gasteiger partial charge in [0.05, 0.1) is 16.9 Å². The molecule has 0 spiro atoms. The summed E-state index contributed by atoms with van der Waals surface area (Å²) in [4.78, 5) is 13.0. The van der Waals surface area contributed by atoms with Gasteiger partial charge in [-0.3, -0.25) is 9.48 Å². The van der Waals surface area contributed by atoms with Crippen LogP contribution in [-0.2, 0) is 19.5 Å². The zero-order valence-electron chi connectivity index (χ0n) is 14.9. The van der Waals surface area contributed by atoms with Crippen LogP contribution in [0.3, 0.4) is 0 Å². The Morgan fingerprint density at radius 1 is 1.19 bits per heavy atom. The summed E-state index contributed by atoms with van der Waals surface area (Å²) >= 11 is 5.99. The van der Waals surface area contributed by atoms with E-state index in [9.17, 15) is 9.90 Å². The molecule has 6 nitrogen and oxygen atoms in total. The van der Waals surface area contributed by atoms with Gasteiger partial charge in [-0.2, -0.15) is 5.10 Å². The van der Waals surface area contributed by atoms with E-state index in [-0.39, 0.29) is 11.4 Å². The molecule has 0 saturated heterocycles. The molecule has 1 N–H and O–H groups in total. The van der Waals surface area contributed by atoms with Crippen LogP contribution >= 0.6 is 11.6 Å². The number of nitrogens with zero attached hydrogens (tertiary/aromatic N) is 4. The maximum atomic E-state index is 13.0. The molecule has 1 aliphatic rings. The Labute approximate surface area is 156 Å². The molecule has 0 aliphatic carbocycles. The van der Waals surface area contributed by atoms with Gasteiger partial charge in [-0.25, -0.2) is 9.36 Å². The van der Waals surface area contributed by atoms with Crippen LogP contribution in [0.25, 0.3) is 16.8 Å². The van der Waals surface area contributed by atoms with Gasteiger partial charge >= 0.3 is 0 Å². The highest BCUT2D eigenvalue weighted by Crippen LogP contribution is 2.35. The number of aromatic nitrogens is 4. The molecular weight excluding hydrogens is 352 g/mol. The quantitative estimate of drug-likeness (QED) is 0.764. The monoisotopic (exact) mass is 372 g/mol. The fourth-order valence-corrected chi connectivity index (χ4v) is 3.96. The summed E-state index contributed by atoms with van der Waals surface area (Å²) in [6.07, 6.45) is 6.01. The van der Waals surface area contributed by atoms with Crippen LogP contribution in [0.5, 0.6) is 5.88 Å². The molecular formula is C19H21ClN4O2. The first-order valence-electron chi connectivity index (χ1n) is 8.88. The van der Waals surface area contributed by atoms with Crippen LogP contribution in [-0.4, -0.2) is 24.3 Å². The largest absolute Gasteiger partial charge is 0.493 e. The molecule has 0 fully saturated rings. The molecule has 0 unspecified atom stereocenters. The Morgan fingerprint density at radius 2 is 1.92 bits per heavy atom. The molecule has 3 heterocycles. The molecule has 2 aromatic heterocycles. The minimum Gasteiger partial charge on any atom is -0.493 e. The van der Waals surface area contributed by atoms with Crippen LogP contribution in [0.2, 0.25) is 5.02 Å². The molecule has 26 heavy (non-hydrogen) atoms. The van der Waals surface area contributed by atoms with Crippen LogP contribution < -0.4 is 5.56 Å². The number of benzene rings is 1. The topological polar surface area (TPSA) is 65.0 Å². The van der Waals surface area contributed by atoms with E-state index in [1.54, 1.807) is 26.4 Å². The number of fused-ring (bicyclic) bond motifs is 1. The van der Waals surface area contributed by atoms with Crippen LogP contribution in [0.4, 0.5) is 0 Å². The summed E-state index contributed by atoms with van der Waals surface area (Å²) in [6, 6.07) is 3.98. The SMILES string of the molecule is CCc1cc(-n2cc(Cl)cn2)cc(C)c1-c1c(O)n2n(c1=O)CCCC2. The van der Waals surface area contributed by atoms with E-state index in [0.717, 1.165) is 41.6 Å². The molecule has 0 radical (unpaired) electrons. The van der Waals surface area contributed by atoms with Crippen molar-refractivity contribution in [2.24, 2.45) is 0 Å². The molecule has 7 heteroatoms. The summed E-state index contributed by atoms with van der Waals surface area (Å²) in [6.45, 7) is 5.33. The van der Waals surface area contributed by atoms with Gasteiger partial charge in [0.1, 0.15) is 5.56 Å². The highest BCUT2D eigenvalue weighted by molar-refractivity contribution is 6.30. The van der Waals surface area contributed by atoms with Crippen molar-refractivity contribution in [1.29, 1.82) is 0 Å². The molecule has 0 atom stereocenters. The molecule has 0 bridgehead atoms. The van der Waals surface area contributed by atoms with E-state index in [1.165, 1.54) is 0 Å². The highest BCUT2D eigenvalue weighted by Gasteiger charge is 2.25. The van der Waals surface area contributed by atoms with Gasteiger partial charge in [-0.15, -0.1) is 0 Å². The van der Waals surface area contributed by atoms with E-state index in [1.807, 2.05) is 26.0 Å². The van der Waals surface area contributed by atoms with Crippen LogP contribution in [0, 0.1) is 6.92 Å². The van der Waals surface area contributed by atoms with E-state index in [0.29, 0.717) is 23.7 Å². The lowest BCUT2D eigenvalue weighted by Crippen LogP contribution is -2.27. The molecule has 0 saturated carbocycles. The molecule has 136 valence electrons. The van der Waals surface area contributed by atoms with Gasteiger partial charge < -0.3 is 5.11 Å². The minimum atomic E-state index is -0.116. The second kappa shape index (κ2) is 6.36. The molecule has 1 aromatic carbocycles. The lowest BCUT2D eigenvalue weighted by Gasteiger charge is -2.17. The zero-order valence-corrected chi connectivity index (χ0v) is 15.6. The minimum absolute atomic E-state index is 0.0717. The van der Waals surface area contributed by atoms with Crippen molar-refractivity contribution in [3.63, 3.8) is 0 Å². The average Bonchev–Trinajstić information content (AvgIpc) is 3.18. The molecule has 4 rings (SSSR count). The summed E-state index contributed by atoms with van der Waals surface area (Å²) < 4.78 is 5.09. The van der Waals surface area contributed by atoms with Crippen molar-refractivity contribution in [2.45, 2.75) is 46.2 Å². The van der Waals surface area contributed by atoms with Gasteiger partial charge in [0, 0.05) is 19.3 Å². The summed E-state index contributed by atoms with van der Waals surface area (Å²) in [5.74, 6) is 0.0717. The Kier molecular flexibility index (Phi) is 4.15. The second-order valence-corrected chi connectivity index (χ2v) is 7.15. The van der Waals surface area contributed by atoms with Crippen molar-refractivity contribution in [3.8, 4) is 22.7 Å².